The van der Waals surface area contributed by atoms with Gasteiger partial charge in [-0.2, -0.15) is 0 Å². The second-order valence-electron chi connectivity index (χ2n) is 7.70. The van der Waals surface area contributed by atoms with Crippen LogP contribution in [0.2, 0.25) is 0 Å². The number of anilines is 1. The number of hydrogen-bond acceptors (Lipinski definition) is 5. The van der Waals surface area contributed by atoms with Crippen molar-refractivity contribution in [1.29, 1.82) is 0 Å². The molecule has 0 radical (unpaired) electrons. The fourth-order valence-electron chi connectivity index (χ4n) is 3.94. The monoisotopic (exact) mass is 433 g/mol. The van der Waals surface area contributed by atoms with Gasteiger partial charge in [0.25, 0.3) is 0 Å². The lowest BCUT2D eigenvalue weighted by Gasteiger charge is -2.39. The van der Waals surface area contributed by atoms with Crippen LogP contribution in [0, 0.1) is 11.6 Å². The van der Waals surface area contributed by atoms with Crippen molar-refractivity contribution in [2.75, 3.05) is 32.2 Å². The van der Waals surface area contributed by atoms with Crippen LogP contribution in [0.1, 0.15) is 0 Å². The Bertz CT molecular complexity index is 1290. The molecule has 0 atom stereocenters. The van der Waals surface area contributed by atoms with Gasteiger partial charge in [0.2, 0.25) is 0 Å². The second kappa shape index (κ2) is 8.16. The average molecular weight is 433 g/mol. The zero-order chi connectivity index (χ0) is 22.2. The van der Waals surface area contributed by atoms with Crippen molar-refractivity contribution in [2.45, 2.75) is 6.10 Å². The van der Waals surface area contributed by atoms with Crippen LogP contribution >= 0.6 is 0 Å². The number of nitrogens with zero attached hydrogens (tertiary/aromatic N) is 3. The number of benzene rings is 3. The van der Waals surface area contributed by atoms with E-state index in [9.17, 15) is 8.78 Å². The van der Waals surface area contributed by atoms with Gasteiger partial charge in [-0.1, -0.05) is 30.3 Å². The minimum Gasteiger partial charge on any atom is -0.494 e. The van der Waals surface area contributed by atoms with Crippen LogP contribution in [0.5, 0.6) is 5.75 Å². The van der Waals surface area contributed by atoms with Gasteiger partial charge in [-0.3, -0.25) is 0 Å². The zero-order valence-corrected chi connectivity index (χ0v) is 17.7. The van der Waals surface area contributed by atoms with E-state index in [0.29, 0.717) is 35.7 Å². The van der Waals surface area contributed by atoms with E-state index in [0.717, 1.165) is 22.8 Å². The molecule has 162 valence electrons. The zero-order valence-electron chi connectivity index (χ0n) is 17.7. The van der Waals surface area contributed by atoms with Gasteiger partial charge in [-0.05, 0) is 29.8 Å². The molecule has 1 fully saturated rings. The van der Waals surface area contributed by atoms with Gasteiger partial charge >= 0.3 is 0 Å². The van der Waals surface area contributed by atoms with Crippen LogP contribution in [0.3, 0.4) is 0 Å². The highest BCUT2D eigenvalue weighted by Gasteiger charge is 2.30. The van der Waals surface area contributed by atoms with Gasteiger partial charge in [0, 0.05) is 42.8 Å². The van der Waals surface area contributed by atoms with E-state index in [2.05, 4.69) is 4.90 Å². The molecule has 5 nitrogen and oxygen atoms in total. The summed E-state index contributed by atoms with van der Waals surface area (Å²) in [6, 6.07) is 16.8. The van der Waals surface area contributed by atoms with Crippen LogP contribution in [0.4, 0.5) is 14.6 Å². The molecule has 1 aliphatic heterocycles. The van der Waals surface area contributed by atoms with E-state index in [1.54, 1.807) is 20.3 Å². The quantitative estimate of drug-likeness (QED) is 0.439. The van der Waals surface area contributed by atoms with Gasteiger partial charge in [0.05, 0.1) is 13.2 Å². The first-order chi connectivity index (χ1) is 15.6. The lowest BCUT2D eigenvalue weighted by atomic mass is 10.0. The van der Waals surface area contributed by atoms with Crippen molar-refractivity contribution >= 4 is 16.7 Å². The van der Waals surface area contributed by atoms with E-state index in [1.165, 1.54) is 12.1 Å². The maximum absolute atomic E-state index is 14.6. The van der Waals surface area contributed by atoms with Crippen LogP contribution in [0.25, 0.3) is 33.4 Å². The number of rotatable bonds is 5. The minimum atomic E-state index is -0.641. The standard InChI is InChI=1S/C25H21F2N3O2/c1-31-18-13-30(14-18)25-20-10-16(19-9-8-17(26)12-21(19)27)11-22(32-2)23(20)28-24(29-25)15-6-4-3-5-7-15/h3-12,18H,13-14H2,1-2H3. The molecule has 32 heavy (non-hydrogen) atoms. The summed E-state index contributed by atoms with van der Waals surface area (Å²) in [6.45, 7) is 1.38. The molecule has 1 aromatic heterocycles. The maximum Gasteiger partial charge on any atom is 0.162 e. The molecule has 5 rings (SSSR count). The summed E-state index contributed by atoms with van der Waals surface area (Å²) < 4.78 is 39.1. The Hall–Kier alpha value is -3.58. The highest BCUT2D eigenvalue weighted by atomic mass is 19.1. The Labute approximate surface area is 184 Å². The van der Waals surface area contributed by atoms with E-state index >= 15 is 0 Å². The second-order valence-corrected chi connectivity index (χ2v) is 7.70. The molecular weight excluding hydrogens is 412 g/mol. The molecule has 0 unspecified atom stereocenters. The van der Waals surface area contributed by atoms with E-state index in [4.69, 9.17) is 19.4 Å². The molecule has 4 aromatic rings. The third-order valence-corrected chi connectivity index (χ3v) is 5.72. The molecule has 1 saturated heterocycles. The Morgan fingerprint density at radius 2 is 1.69 bits per heavy atom. The largest absolute Gasteiger partial charge is 0.494 e. The smallest absolute Gasteiger partial charge is 0.162 e. The number of methoxy groups -OCH3 is 2. The minimum absolute atomic E-state index is 0.125. The number of halogens is 2. The summed E-state index contributed by atoms with van der Waals surface area (Å²) in [4.78, 5) is 11.7. The van der Waals surface area contributed by atoms with Crippen molar-refractivity contribution in [3.05, 3.63) is 72.3 Å². The van der Waals surface area contributed by atoms with Crippen molar-refractivity contribution in [3.63, 3.8) is 0 Å². The summed E-state index contributed by atoms with van der Waals surface area (Å²) in [7, 11) is 3.24. The third kappa shape index (κ3) is 3.54. The highest BCUT2D eigenvalue weighted by molar-refractivity contribution is 5.98. The molecule has 3 aromatic carbocycles. The van der Waals surface area contributed by atoms with Gasteiger partial charge in [0.15, 0.2) is 5.82 Å². The highest BCUT2D eigenvalue weighted by Crippen LogP contribution is 2.39. The van der Waals surface area contributed by atoms with E-state index in [-0.39, 0.29) is 11.7 Å². The lowest BCUT2D eigenvalue weighted by molar-refractivity contribution is 0.0785. The number of hydrogen-bond donors (Lipinski definition) is 0. The number of fused-ring (bicyclic) bond motifs is 1. The van der Waals surface area contributed by atoms with Crippen molar-refractivity contribution in [1.82, 2.24) is 9.97 Å². The summed E-state index contributed by atoms with van der Waals surface area (Å²) in [5, 5.41) is 0.734. The molecule has 0 spiro atoms. The SMILES string of the molecule is COc1cc(-c2ccc(F)cc2F)cc2c(N3CC(OC)C3)nc(-c3ccccc3)nc12. The number of aromatic nitrogens is 2. The van der Waals surface area contributed by atoms with Crippen molar-refractivity contribution in [3.8, 4) is 28.3 Å². The molecule has 0 amide bonds. The molecular formula is C25H21F2N3O2. The lowest BCUT2D eigenvalue weighted by Crippen LogP contribution is -2.52. The van der Waals surface area contributed by atoms with Crippen LogP contribution in [-0.2, 0) is 4.74 Å². The van der Waals surface area contributed by atoms with Crippen molar-refractivity contribution < 1.29 is 18.3 Å². The summed E-state index contributed by atoms with van der Waals surface area (Å²) in [5.41, 5.74) is 2.36. The first kappa shape index (κ1) is 20.3. The van der Waals surface area contributed by atoms with E-state index in [1.807, 2.05) is 36.4 Å². The first-order valence-electron chi connectivity index (χ1n) is 10.3. The van der Waals surface area contributed by atoms with Gasteiger partial charge in [-0.15, -0.1) is 0 Å². The summed E-state index contributed by atoms with van der Waals surface area (Å²) in [5.74, 6) is 0.531. The normalized spacial score (nSPS) is 13.9. The molecule has 0 saturated carbocycles. The first-order valence-corrected chi connectivity index (χ1v) is 10.3. The van der Waals surface area contributed by atoms with Crippen LogP contribution < -0.4 is 9.64 Å². The van der Waals surface area contributed by atoms with Gasteiger partial charge in [0.1, 0.15) is 28.7 Å². The molecule has 0 bridgehead atoms. The Balaban J connectivity index is 1.74. The van der Waals surface area contributed by atoms with Crippen LogP contribution in [-0.4, -0.2) is 43.4 Å². The van der Waals surface area contributed by atoms with E-state index < -0.39 is 11.6 Å². The van der Waals surface area contributed by atoms with Crippen LogP contribution in [0.15, 0.2) is 60.7 Å². The van der Waals surface area contributed by atoms with Crippen molar-refractivity contribution in [2.24, 2.45) is 0 Å². The topological polar surface area (TPSA) is 47.5 Å². The molecule has 0 N–H and O–H groups in total. The fraction of sp³-hybridized carbons (Fsp3) is 0.200. The average Bonchev–Trinajstić information content (AvgIpc) is 2.78. The van der Waals surface area contributed by atoms with Gasteiger partial charge in [-0.25, -0.2) is 18.7 Å². The Kier molecular flexibility index (Phi) is 5.19. The fourth-order valence-corrected chi connectivity index (χ4v) is 3.94. The summed E-state index contributed by atoms with van der Waals surface area (Å²) >= 11 is 0. The molecule has 1 aliphatic rings. The molecule has 7 heteroatoms. The Morgan fingerprint density at radius 3 is 2.38 bits per heavy atom. The maximum atomic E-state index is 14.6. The predicted molar refractivity (Wildman–Crippen MR) is 120 cm³/mol. The summed E-state index contributed by atoms with van der Waals surface area (Å²) in [6.07, 6.45) is 0.125. The predicted octanol–water partition coefficient (Wildman–Crippen LogP) is 5.09. The Morgan fingerprint density at radius 1 is 0.906 bits per heavy atom. The van der Waals surface area contributed by atoms with Gasteiger partial charge < -0.3 is 14.4 Å². The molecule has 2 heterocycles. The number of ether oxygens (including phenoxy) is 2. The third-order valence-electron chi connectivity index (χ3n) is 5.72. The molecule has 0 aliphatic carbocycles.